The maximum atomic E-state index is 6.12. The Morgan fingerprint density at radius 3 is 2.89 bits per heavy atom. The van der Waals surface area contributed by atoms with Crippen molar-refractivity contribution in [2.75, 3.05) is 26.9 Å². The van der Waals surface area contributed by atoms with Crippen molar-refractivity contribution in [3.8, 4) is 0 Å². The summed E-state index contributed by atoms with van der Waals surface area (Å²) in [4.78, 5) is 4.85. The van der Waals surface area contributed by atoms with Crippen molar-refractivity contribution in [1.29, 1.82) is 0 Å². The van der Waals surface area contributed by atoms with E-state index >= 15 is 0 Å². The minimum Gasteiger partial charge on any atom is -0.385 e. The van der Waals surface area contributed by atoms with E-state index in [0.717, 1.165) is 50.2 Å². The molecule has 1 spiro atoms. The van der Waals surface area contributed by atoms with Gasteiger partial charge in [0.25, 0.3) is 0 Å². The zero-order valence-electron chi connectivity index (χ0n) is 17.4. The van der Waals surface area contributed by atoms with E-state index in [1.807, 2.05) is 18.5 Å². The van der Waals surface area contributed by atoms with Crippen LogP contribution in [0.4, 0.5) is 0 Å². The standard InChI is InChI=1S/C20H34N6O2/c1-14-24-25-16(26(14)2)13-22-19(21-10-6-11-27-3)23-17-15-7-12-28-18(15)20(17)8-4-5-9-20/h15,17-18H,4-13H2,1-3H3,(H2,21,22,23). The van der Waals surface area contributed by atoms with Crippen molar-refractivity contribution in [1.82, 2.24) is 25.4 Å². The lowest BCUT2D eigenvalue weighted by Crippen LogP contribution is -2.69. The van der Waals surface area contributed by atoms with Gasteiger partial charge in [-0.3, -0.25) is 0 Å². The van der Waals surface area contributed by atoms with Gasteiger partial charge < -0.3 is 24.7 Å². The molecule has 2 aliphatic carbocycles. The van der Waals surface area contributed by atoms with Crippen LogP contribution < -0.4 is 10.6 Å². The van der Waals surface area contributed by atoms with Gasteiger partial charge in [0, 0.05) is 51.3 Å². The fourth-order valence-corrected chi connectivity index (χ4v) is 5.37. The zero-order chi connectivity index (χ0) is 19.6. The van der Waals surface area contributed by atoms with E-state index in [9.17, 15) is 0 Å². The van der Waals surface area contributed by atoms with Crippen LogP contribution in [0.2, 0.25) is 0 Å². The fourth-order valence-electron chi connectivity index (χ4n) is 5.37. The van der Waals surface area contributed by atoms with Crippen LogP contribution >= 0.6 is 0 Å². The molecule has 0 radical (unpaired) electrons. The summed E-state index contributed by atoms with van der Waals surface area (Å²) in [7, 11) is 3.72. The number of aliphatic imine (C=N–C) groups is 1. The summed E-state index contributed by atoms with van der Waals surface area (Å²) < 4.78 is 13.3. The number of nitrogens with one attached hydrogen (secondary N) is 2. The van der Waals surface area contributed by atoms with Crippen molar-refractivity contribution in [3.05, 3.63) is 11.6 Å². The van der Waals surface area contributed by atoms with Crippen molar-refractivity contribution in [2.45, 2.75) is 64.1 Å². The second-order valence-electron chi connectivity index (χ2n) is 8.47. The van der Waals surface area contributed by atoms with Crippen LogP contribution in [0, 0.1) is 18.3 Å². The van der Waals surface area contributed by atoms with Gasteiger partial charge in [0.2, 0.25) is 0 Å². The average Bonchev–Trinajstić information content (AvgIpc) is 3.42. The first-order chi connectivity index (χ1) is 13.7. The molecule has 8 nitrogen and oxygen atoms in total. The van der Waals surface area contributed by atoms with E-state index in [1.165, 1.54) is 25.7 Å². The van der Waals surface area contributed by atoms with E-state index in [4.69, 9.17) is 14.5 Å². The summed E-state index contributed by atoms with van der Waals surface area (Å²) in [6, 6.07) is 0.456. The Morgan fingerprint density at radius 1 is 1.36 bits per heavy atom. The Kier molecular flexibility index (Phi) is 5.87. The maximum absolute atomic E-state index is 6.12. The lowest BCUT2D eigenvalue weighted by Gasteiger charge is -2.57. The van der Waals surface area contributed by atoms with Gasteiger partial charge in [-0.1, -0.05) is 12.8 Å². The molecule has 0 bridgehead atoms. The smallest absolute Gasteiger partial charge is 0.191 e. The third-order valence-corrected chi connectivity index (χ3v) is 6.96. The highest BCUT2D eigenvalue weighted by atomic mass is 16.5. The molecule has 2 heterocycles. The minimum atomic E-state index is 0.303. The molecule has 28 heavy (non-hydrogen) atoms. The molecule has 1 aromatic heterocycles. The lowest BCUT2D eigenvalue weighted by atomic mass is 9.54. The molecule has 0 amide bonds. The van der Waals surface area contributed by atoms with Gasteiger partial charge in [-0.25, -0.2) is 4.99 Å². The monoisotopic (exact) mass is 390 g/mol. The van der Waals surface area contributed by atoms with E-state index < -0.39 is 0 Å². The van der Waals surface area contributed by atoms with Gasteiger partial charge in [0.05, 0.1) is 6.10 Å². The summed E-state index contributed by atoms with van der Waals surface area (Å²) in [5.74, 6) is 3.27. The highest BCUT2D eigenvalue weighted by Gasteiger charge is 2.65. The Morgan fingerprint density at radius 2 is 2.18 bits per heavy atom. The molecule has 1 aromatic rings. The van der Waals surface area contributed by atoms with E-state index in [-0.39, 0.29) is 0 Å². The number of nitrogens with zero attached hydrogens (tertiary/aromatic N) is 4. The second-order valence-corrected chi connectivity index (χ2v) is 8.47. The summed E-state index contributed by atoms with van der Waals surface area (Å²) in [6.45, 7) is 4.96. The quantitative estimate of drug-likeness (QED) is 0.417. The maximum Gasteiger partial charge on any atom is 0.191 e. The van der Waals surface area contributed by atoms with Crippen LogP contribution in [-0.2, 0) is 23.1 Å². The number of rotatable bonds is 7. The highest BCUT2D eigenvalue weighted by molar-refractivity contribution is 5.80. The molecular weight excluding hydrogens is 356 g/mol. The first-order valence-corrected chi connectivity index (χ1v) is 10.7. The number of guanidine groups is 1. The van der Waals surface area contributed by atoms with Gasteiger partial charge in [0.1, 0.15) is 12.4 Å². The van der Waals surface area contributed by atoms with Crippen LogP contribution in [-0.4, -0.2) is 59.7 Å². The average molecular weight is 391 g/mol. The fraction of sp³-hybridized carbons (Fsp3) is 0.850. The Labute approximate surface area is 167 Å². The van der Waals surface area contributed by atoms with Crippen molar-refractivity contribution < 1.29 is 9.47 Å². The largest absolute Gasteiger partial charge is 0.385 e. The first-order valence-electron chi connectivity index (χ1n) is 10.7. The molecule has 0 aromatic carbocycles. The summed E-state index contributed by atoms with van der Waals surface area (Å²) in [5, 5.41) is 15.7. The second kappa shape index (κ2) is 8.37. The third kappa shape index (κ3) is 3.52. The minimum absolute atomic E-state index is 0.303. The van der Waals surface area contributed by atoms with Crippen LogP contribution in [0.3, 0.4) is 0 Å². The number of hydrogen-bond donors (Lipinski definition) is 2. The molecule has 3 atom stereocenters. The molecule has 2 N–H and O–H groups in total. The van der Waals surface area contributed by atoms with E-state index in [0.29, 0.717) is 30.0 Å². The first kappa shape index (κ1) is 19.6. The molecule has 3 fully saturated rings. The number of methoxy groups -OCH3 is 1. The van der Waals surface area contributed by atoms with Crippen LogP contribution in [0.1, 0.15) is 50.2 Å². The van der Waals surface area contributed by atoms with Gasteiger partial charge in [-0.05, 0) is 32.6 Å². The number of ether oxygens (including phenoxy) is 2. The molecule has 3 aliphatic rings. The zero-order valence-corrected chi connectivity index (χ0v) is 17.4. The number of aromatic nitrogens is 3. The lowest BCUT2D eigenvalue weighted by molar-refractivity contribution is -0.125. The molecule has 156 valence electrons. The van der Waals surface area contributed by atoms with E-state index in [2.05, 4.69) is 20.8 Å². The van der Waals surface area contributed by atoms with Gasteiger partial charge in [0.15, 0.2) is 11.8 Å². The highest BCUT2D eigenvalue weighted by Crippen LogP contribution is 2.60. The van der Waals surface area contributed by atoms with E-state index in [1.54, 1.807) is 7.11 Å². The van der Waals surface area contributed by atoms with Crippen LogP contribution in [0.5, 0.6) is 0 Å². The third-order valence-electron chi connectivity index (χ3n) is 6.96. The molecule has 2 saturated carbocycles. The van der Waals surface area contributed by atoms with Gasteiger partial charge in [-0.15, -0.1) is 10.2 Å². The van der Waals surface area contributed by atoms with Crippen molar-refractivity contribution >= 4 is 5.96 Å². The van der Waals surface area contributed by atoms with Crippen molar-refractivity contribution in [2.24, 2.45) is 23.4 Å². The molecular formula is C20H34N6O2. The van der Waals surface area contributed by atoms with Crippen LogP contribution in [0.15, 0.2) is 4.99 Å². The SMILES string of the molecule is COCCCNC(=NCc1nnc(C)n1C)NC1C2CCOC2C12CCCC2. The Hall–Kier alpha value is -1.67. The number of hydrogen-bond acceptors (Lipinski definition) is 5. The summed E-state index contributed by atoms with van der Waals surface area (Å²) >= 11 is 0. The molecule has 3 unspecified atom stereocenters. The van der Waals surface area contributed by atoms with Gasteiger partial charge >= 0.3 is 0 Å². The van der Waals surface area contributed by atoms with Crippen molar-refractivity contribution in [3.63, 3.8) is 0 Å². The number of fused-ring (bicyclic) bond motifs is 2. The molecule has 8 heteroatoms. The van der Waals surface area contributed by atoms with Gasteiger partial charge in [-0.2, -0.15) is 0 Å². The van der Waals surface area contributed by atoms with Crippen LogP contribution in [0.25, 0.3) is 0 Å². The molecule has 4 rings (SSSR count). The Balaban J connectivity index is 1.46. The predicted molar refractivity (Wildman–Crippen MR) is 107 cm³/mol. The topological polar surface area (TPSA) is 85.6 Å². The molecule has 1 aliphatic heterocycles. The normalized spacial score (nSPS) is 28.4. The Bertz CT molecular complexity index is 697. The molecule has 1 saturated heterocycles. The summed E-state index contributed by atoms with van der Waals surface area (Å²) in [6.07, 6.45) is 7.72. The summed E-state index contributed by atoms with van der Waals surface area (Å²) in [5.41, 5.74) is 0.303. The predicted octanol–water partition coefficient (Wildman–Crippen LogP) is 1.54. The number of aryl methyl sites for hydroxylation is 1.